The van der Waals surface area contributed by atoms with Crippen molar-refractivity contribution in [3.05, 3.63) is 24.3 Å². The lowest BCUT2D eigenvalue weighted by Crippen LogP contribution is -3.12. The normalized spacial score (nSPS) is 9.95. The van der Waals surface area contributed by atoms with Gasteiger partial charge < -0.3 is 32.3 Å². The SMILES string of the molecule is CC[NH+](CC)CCN(C)c1cccc(OC(=O)NC)c1.[Cl-]. The molecule has 0 spiro atoms. The first-order chi connectivity index (χ1) is 9.60. The Morgan fingerprint density at radius 1 is 1.33 bits per heavy atom. The summed E-state index contributed by atoms with van der Waals surface area (Å²) in [5.41, 5.74) is 1.05. The molecule has 1 amide bonds. The van der Waals surface area contributed by atoms with E-state index in [-0.39, 0.29) is 12.4 Å². The monoisotopic (exact) mass is 315 g/mol. The van der Waals surface area contributed by atoms with Gasteiger partial charge >= 0.3 is 6.09 Å². The van der Waals surface area contributed by atoms with Crippen LogP contribution in [-0.4, -0.2) is 46.4 Å². The summed E-state index contributed by atoms with van der Waals surface area (Å²) in [5.74, 6) is 0.559. The van der Waals surface area contributed by atoms with Gasteiger partial charge in [-0.1, -0.05) is 6.07 Å². The molecule has 21 heavy (non-hydrogen) atoms. The van der Waals surface area contributed by atoms with E-state index in [0.29, 0.717) is 5.75 Å². The van der Waals surface area contributed by atoms with E-state index in [1.165, 1.54) is 0 Å². The standard InChI is InChI=1S/C15H25N3O2.ClH/c1-5-18(6-2)11-10-17(4)13-8-7-9-14(12-13)20-15(19)16-3;/h7-9,12H,5-6,10-11H2,1-4H3,(H,16,19);1H. The molecule has 0 fully saturated rings. The Kier molecular flexibility index (Phi) is 9.58. The van der Waals surface area contributed by atoms with Gasteiger partial charge in [0.05, 0.1) is 26.2 Å². The number of ether oxygens (including phenoxy) is 1. The van der Waals surface area contributed by atoms with Gasteiger partial charge in [0.2, 0.25) is 0 Å². The molecule has 2 N–H and O–H groups in total. The number of benzene rings is 1. The Morgan fingerprint density at radius 3 is 2.57 bits per heavy atom. The summed E-state index contributed by atoms with van der Waals surface area (Å²) in [6.45, 7) is 8.77. The van der Waals surface area contributed by atoms with Crippen LogP contribution in [0.15, 0.2) is 24.3 Å². The number of carbonyl (C=O) groups excluding carboxylic acids is 1. The minimum atomic E-state index is -0.447. The number of nitrogens with one attached hydrogen (secondary N) is 2. The van der Waals surface area contributed by atoms with E-state index in [1.807, 2.05) is 18.2 Å². The molecular weight excluding hydrogens is 290 g/mol. The van der Waals surface area contributed by atoms with Crippen molar-refractivity contribution < 1.29 is 26.8 Å². The van der Waals surface area contributed by atoms with Crippen molar-refractivity contribution in [1.29, 1.82) is 0 Å². The first-order valence-corrected chi connectivity index (χ1v) is 7.15. The van der Waals surface area contributed by atoms with Gasteiger partial charge in [0.25, 0.3) is 0 Å². The van der Waals surface area contributed by atoms with Crippen LogP contribution in [0.4, 0.5) is 10.5 Å². The average molecular weight is 316 g/mol. The number of hydrogen-bond donors (Lipinski definition) is 2. The molecule has 0 saturated heterocycles. The van der Waals surface area contributed by atoms with Crippen molar-refractivity contribution in [2.24, 2.45) is 0 Å². The lowest BCUT2D eigenvalue weighted by Gasteiger charge is -2.23. The minimum absolute atomic E-state index is 0. The van der Waals surface area contributed by atoms with Gasteiger partial charge in [-0.2, -0.15) is 0 Å². The van der Waals surface area contributed by atoms with Gasteiger partial charge in [-0.25, -0.2) is 4.79 Å². The van der Waals surface area contributed by atoms with E-state index < -0.39 is 6.09 Å². The molecule has 1 aromatic carbocycles. The van der Waals surface area contributed by atoms with E-state index in [4.69, 9.17) is 4.74 Å². The molecule has 0 bridgehead atoms. The molecule has 6 heteroatoms. The van der Waals surface area contributed by atoms with E-state index in [9.17, 15) is 4.79 Å². The highest BCUT2D eigenvalue weighted by Gasteiger charge is 2.08. The summed E-state index contributed by atoms with van der Waals surface area (Å²) in [6, 6.07) is 7.58. The number of nitrogens with zero attached hydrogens (tertiary/aromatic N) is 1. The van der Waals surface area contributed by atoms with Crippen molar-refractivity contribution in [2.75, 3.05) is 45.2 Å². The third kappa shape index (κ3) is 6.69. The van der Waals surface area contributed by atoms with Crippen LogP contribution in [0.5, 0.6) is 5.75 Å². The number of likely N-dealkylation sites (N-methyl/N-ethyl adjacent to an activating group) is 2. The topological polar surface area (TPSA) is 46.0 Å². The first-order valence-electron chi connectivity index (χ1n) is 7.15. The molecule has 5 nitrogen and oxygen atoms in total. The zero-order valence-corrected chi connectivity index (χ0v) is 14.0. The van der Waals surface area contributed by atoms with Crippen LogP contribution in [0.25, 0.3) is 0 Å². The van der Waals surface area contributed by atoms with Gasteiger partial charge in [0.15, 0.2) is 0 Å². The van der Waals surface area contributed by atoms with Crippen LogP contribution >= 0.6 is 0 Å². The Bertz CT molecular complexity index is 425. The van der Waals surface area contributed by atoms with Crippen LogP contribution in [0, 0.1) is 0 Å². The van der Waals surface area contributed by atoms with Crippen molar-refractivity contribution >= 4 is 11.8 Å². The van der Waals surface area contributed by atoms with Gasteiger partial charge in [-0.05, 0) is 26.0 Å². The second kappa shape index (κ2) is 10.3. The number of quaternary nitrogens is 1. The Hall–Kier alpha value is -1.46. The summed E-state index contributed by atoms with van der Waals surface area (Å²) >= 11 is 0. The molecule has 0 aliphatic heterocycles. The highest BCUT2D eigenvalue weighted by molar-refractivity contribution is 5.70. The van der Waals surface area contributed by atoms with Crippen LogP contribution in [0.1, 0.15) is 13.8 Å². The summed E-state index contributed by atoms with van der Waals surface area (Å²) in [6.07, 6.45) is -0.447. The smallest absolute Gasteiger partial charge is 0.412 e. The van der Waals surface area contributed by atoms with E-state index >= 15 is 0 Å². The second-order valence-corrected chi connectivity index (χ2v) is 4.77. The van der Waals surface area contributed by atoms with Gasteiger partial charge in [-0.3, -0.25) is 0 Å². The zero-order valence-electron chi connectivity index (χ0n) is 13.3. The number of hydrogen-bond acceptors (Lipinski definition) is 3. The predicted octanol–water partition coefficient (Wildman–Crippen LogP) is -2.23. The summed E-state index contributed by atoms with van der Waals surface area (Å²) < 4.78 is 5.14. The van der Waals surface area contributed by atoms with Crippen LogP contribution in [-0.2, 0) is 0 Å². The summed E-state index contributed by atoms with van der Waals surface area (Å²) in [4.78, 5) is 15.0. The molecular formula is C15H26ClN3O2. The lowest BCUT2D eigenvalue weighted by molar-refractivity contribution is -0.894. The van der Waals surface area contributed by atoms with Crippen molar-refractivity contribution in [3.63, 3.8) is 0 Å². The molecule has 0 aliphatic carbocycles. The minimum Gasteiger partial charge on any atom is -1.00 e. The highest BCUT2D eigenvalue weighted by Crippen LogP contribution is 2.19. The maximum Gasteiger partial charge on any atom is 0.412 e. The lowest BCUT2D eigenvalue weighted by atomic mass is 10.2. The number of anilines is 1. The Balaban J connectivity index is 0.00000400. The van der Waals surface area contributed by atoms with Gasteiger partial charge in [-0.15, -0.1) is 0 Å². The summed E-state index contributed by atoms with van der Waals surface area (Å²) in [7, 11) is 3.60. The molecule has 1 rings (SSSR count). The Labute approximate surface area is 133 Å². The van der Waals surface area contributed by atoms with Crippen molar-refractivity contribution in [3.8, 4) is 5.75 Å². The van der Waals surface area contributed by atoms with Crippen molar-refractivity contribution in [2.45, 2.75) is 13.8 Å². The largest absolute Gasteiger partial charge is 1.00 e. The molecule has 120 valence electrons. The molecule has 0 radical (unpaired) electrons. The molecule has 0 heterocycles. The molecule has 0 atom stereocenters. The van der Waals surface area contributed by atoms with Crippen molar-refractivity contribution in [1.82, 2.24) is 5.32 Å². The van der Waals surface area contributed by atoms with Gasteiger partial charge in [0, 0.05) is 25.8 Å². The average Bonchev–Trinajstić information content (AvgIpc) is 2.48. The molecule has 0 saturated carbocycles. The summed E-state index contributed by atoms with van der Waals surface area (Å²) in [5, 5.41) is 2.44. The fourth-order valence-electron chi connectivity index (χ4n) is 2.00. The highest BCUT2D eigenvalue weighted by atomic mass is 35.5. The fraction of sp³-hybridized carbons (Fsp3) is 0.533. The number of halogens is 1. The van der Waals surface area contributed by atoms with E-state index in [2.05, 4.69) is 31.1 Å². The van der Waals surface area contributed by atoms with Gasteiger partial charge in [0.1, 0.15) is 5.75 Å². The van der Waals surface area contributed by atoms with Crippen LogP contribution < -0.4 is 32.3 Å². The second-order valence-electron chi connectivity index (χ2n) is 4.77. The third-order valence-corrected chi connectivity index (χ3v) is 3.47. The van der Waals surface area contributed by atoms with E-state index in [0.717, 1.165) is 31.9 Å². The molecule has 0 aliphatic rings. The molecule has 1 aromatic rings. The number of carbonyl (C=O) groups is 1. The quantitative estimate of drug-likeness (QED) is 0.599. The molecule has 0 unspecified atom stereocenters. The zero-order chi connectivity index (χ0) is 15.0. The van der Waals surface area contributed by atoms with Crippen LogP contribution in [0.2, 0.25) is 0 Å². The maximum atomic E-state index is 11.2. The Morgan fingerprint density at radius 2 is 2.00 bits per heavy atom. The van der Waals surface area contributed by atoms with E-state index in [1.54, 1.807) is 18.0 Å². The van der Waals surface area contributed by atoms with Crippen LogP contribution in [0.3, 0.4) is 0 Å². The third-order valence-electron chi connectivity index (χ3n) is 3.47. The number of amides is 1. The predicted molar refractivity (Wildman–Crippen MR) is 81.7 cm³/mol. The molecule has 0 aromatic heterocycles. The maximum absolute atomic E-state index is 11.2. The fourth-order valence-corrected chi connectivity index (χ4v) is 2.00. The number of rotatable bonds is 7. The first kappa shape index (κ1) is 19.5.